The van der Waals surface area contributed by atoms with Crippen molar-refractivity contribution in [1.82, 2.24) is 0 Å². The van der Waals surface area contributed by atoms with Crippen molar-refractivity contribution in [3.8, 4) is 0 Å². The number of hydrogen-bond acceptors (Lipinski definition) is 12. The van der Waals surface area contributed by atoms with Crippen LogP contribution in [0.2, 0.25) is 0 Å². The summed E-state index contributed by atoms with van der Waals surface area (Å²) < 4.78 is 23.8. The van der Waals surface area contributed by atoms with Gasteiger partial charge in [0, 0.05) is 0 Å². The highest BCUT2D eigenvalue weighted by Gasteiger charge is 2.72. The molecule has 7 fully saturated rings. The van der Waals surface area contributed by atoms with Crippen molar-refractivity contribution >= 4 is 5.97 Å². The fourth-order valence-electron chi connectivity index (χ4n) is 14.2. The quantitative estimate of drug-likeness (QED) is 0.119. The summed E-state index contributed by atoms with van der Waals surface area (Å²) in [6.07, 6.45) is -3.62. The molecule has 5 aliphatic carbocycles. The molecule has 2 heterocycles. The van der Waals surface area contributed by atoms with Gasteiger partial charge in [0.2, 0.25) is 6.29 Å². The van der Waals surface area contributed by atoms with Gasteiger partial charge in [0.05, 0.1) is 24.7 Å². The van der Waals surface area contributed by atoms with Crippen molar-refractivity contribution in [2.24, 2.45) is 56.7 Å². The Balaban J connectivity index is 1.14. The molecule has 0 bridgehead atoms. The van der Waals surface area contributed by atoms with Crippen molar-refractivity contribution in [3.05, 3.63) is 12.2 Å². The molecule has 53 heavy (non-hydrogen) atoms. The Morgan fingerprint density at radius 2 is 1.45 bits per heavy atom. The highest BCUT2D eigenvalue weighted by molar-refractivity contribution is 5.78. The van der Waals surface area contributed by atoms with Gasteiger partial charge >= 0.3 is 5.97 Å². The first-order valence-corrected chi connectivity index (χ1v) is 20.3. The molecule has 19 atom stereocenters. The largest absolute Gasteiger partial charge is 0.432 e. The lowest BCUT2D eigenvalue weighted by Crippen LogP contribution is -2.67. The number of allylic oxidation sites excluding steroid dienone is 1. The first-order chi connectivity index (χ1) is 24.8. The van der Waals surface area contributed by atoms with Gasteiger partial charge < -0.3 is 54.7 Å². The molecule has 7 N–H and O–H groups in total. The third-order valence-electron chi connectivity index (χ3n) is 17.2. The maximum atomic E-state index is 14.5. The molecular formula is C41H66O12. The molecule has 7 rings (SSSR count). The molecule has 0 amide bonds. The number of hydrogen-bond donors (Lipinski definition) is 7. The molecule has 2 aliphatic heterocycles. The smallest absolute Gasteiger partial charge is 0.314 e. The van der Waals surface area contributed by atoms with E-state index in [9.17, 15) is 40.5 Å². The molecule has 0 radical (unpaired) electrons. The normalized spacial score (nSPS) is 54.8. The number of carbonyl (C=O) groups is 1. The van der Waals surface area contributed by atoms with Gasteiger partial charge in [-0.15, -0.1) is 0 Å². The van der Waals surface area contributed by atoms with Crippen LogP contribution >= 0.6 is 0 Å². The summed E-state index contributed by atoms with van der Waals surface area (Å²) in [6, 6.07) is 0. The average Bonchev–Trinajstić information content (AvgIpc) is 3.51. The first kappa shape index (κ1) is 40.0. The Morgan fingerprint density at radius 1 is 0.755 bits per heavy atom. The number of esters is 1. The molecule has 12 heteroatoms. The Kier molecular flexibility index (Phi) is 10.4. The SMILES string of the molecule is C=C(C)C1CCC2(C(=O)OC3OC(CO)C(O)C(O)C3O)CCC3(C)C(CCC4C5(C)CCC(OC6OCC(O)C(O)C6O)C(C)(C)C5CCC43C)C12. The number of carbonyl (C=O) groups excluding carboxylic acids is 1. The van der Waals surface area contributed by atoms with Gasteiger partial charge in [0.25, 0.3) is 0 Å². The number of rotatable bonds is 6. The topological polar surface area (TPSA) is 196 Å². The van der Waals surface area contributed by atoms with Crippen LogP contribution in [0.15, 0.2) is 12.2 Å². The lowest BCUT2D eigenvalue weighted by Gasteiger charge is -2.73. The Hall–Kier alpha value is -1.19. The Labute approximate surface area is 314 Å². The molecule has 0 aromatic heterocycles. The third kappa shape index (κ3) is 5.77. The zero-order chi connectivity index (χ0) is 38.6. The molecule has 0 spiro atoms. The highest BCUT2D eigenvalue weighted by atomic mass is 16.7. The summed E-state index contributed by atoms with van der Waals surface area (Å²) in [5.41, 5.74) is 0.00865. The number of aliphatic hydroxyl groups excluding tert-OH is 7. The van der Waals surface area contributed by atoms with Gasteiger partial charge in [-0.2, -0.15) is 0 Å². The van der Waals surface area contributed by atoms with Gasteiger partial charge in [-0.3, -0.25) is 4.79 Å². The number of ether oxygens (including phenoxy) is 4. The summed E-state index contributed by atoms with van der Waals surface area (Å²) in [4.78, 5) is 14.5. The van der Waals surface area contributed by atoms with Crippen LogP contribution in [-0.4, -0.2) is 116 Å². The predicted octanol–water partition coefficient (Wildman–Crippen LogP) is 2.81. The van der Waals surface area contributed by atoms with Gasteiger partial charge in [0.15, 0.2) is 6.29 Å². The lowest BCUT2D eigenvalue weighted by atomic mass is 9.32. The van der Waals surface area contributed by atoms with E-state index >= 15 is 0 Å². The summed E-state index contributed by atoms with van der Waals surface area (Å²) in [5.74, 6) is 0.739. The Bertz CT molecular complexity index is 1400. The van der Waals surface area contributed by atoms with Crippen LogP contribution in [0.1, 0.15) is 106 Å². The molecule has 302 valence electrons. The molecular weight excluding hydrogens is 684 g/mol. The van der Waals surface area contributed by atoms with E-state index in [1.165, 1.54) is 0 Å². The molecule has 0 aromatic rings. The second-order valence-corrected chi connectivity index (χ2v) is 19.7. The minimum absolute atomic E-state index is 0.00339. The summed E-state index contributed by atoms with van der Waals surface area (Å²) in [5, 5.41) is 72.3. The second kappa shape index (κ2) is 13.7. The second-order valence-electron chi connectivity index (χ2n) is 19.7. The van der Waals surface area contributed by atoms with Crippen LogP contribution < -0.4 is 0 Å². The molecule has 2 saturated heterocycles. The first-order valence-electron chi connectivity index (χ1n) is 20.3. The van der Waals surface area contributed by atoms with Crippen molar-refractivity contribution in [2.75, 3.05) is 13.2 Å². The van der Waals surface area contributed by atoms with Crippen molar-refractivity contribution < 1.29 is 59.5 Å². The van der Waals surface area contributed by atoms with E-state index in [0.717, 1.165) is 56.9 Å². The highest BCUT2D eigenvalue weighted by Crippen LogP contribution is 2.77. The number of aliphatic hydroxyl groups is 7. The van der Waals surface area contributed by atoms with Crippen LogP contribution in [0.3, 0.4) is 0 Å². The zero-order valence-electron chi connectivity index (χ0n) is 32.5. The fraction of sp³-hybridized carbons (Fsp3) is 0.927. The summed E-state index contributed by atoms with van der Waals surface area (Å²) >= 11 is 0. The van der Waals surface area contributed by atoms with Crippen LogP contribution in [0.5, 0.6) is 0 Å². The van der Waals surface area contributed by atoms with E-state index in [1.807, 2.05) is 0 Å². The maximum Gasteiger partial charge on any atom is 0.314 e. The van der Waals surface area contributed by atoms with Crippen LogP contribution in [0.25, 0.3) is 0 Å². The van der Waals surface area contributed by atoms with E-state index in [0.29, 0.717) is 24.7 Å². The average molecular weight is 751 g/mol. The number of fused-ring (bicyclic) bond motifs is 7. The fourth-order valence-corrected chi connectivity index (χ4v) is 14.2. The van der Waals surface area contributed by atoms with Gasteiger partial charge in [-0.1, -0.05) is 46.8 Å². The van der Waals surface area contributed by atoms with Gasteiger partial charge in [0.1, 0.15) is 42.7 Å². The molecule has 0 aromatic carbocycles. The molecule has 19 unspecified atom stereocenters. The van der Waals surface area contributed by atoms with Crippen molar-refractivity contribution in [2.45, 2.75) is 167 Å². The summed E-state index contributed by atoms with van der Waals surface area (Å²) in [7, 11) is 0. The van der Waals surface area contributed by atoms with E-state index in [4.69, 9.17) is 18.9 Å². The minimum atomic E-state index is -1.64. The van der Waals surface area contributed by atoms with Gasteiger partial charge in [-0.05, 0) is 122 Å². The summed E-state index contributed by atoms with van der Waals surface area (Å²) in [6.45, 7) is 17.9. The monoisotopic (exact) mass is 750 g/mol. The van der Waals surface area contributed by atoms with Crippen LogP contribution in [0.4, 0.5) is 0 Å². The van der Waals surface area contributed by atoms with Crippen LogP contribution in [-0.2, 0) is 23.7 Å². The van der Waals surface area contributed by atoms with Crippen molar-refractivity contribution in [3.63, 3.8) is 0 Å². The van der Waals surface area contributed by atoms with E-state index in [2.05, 4.69) is 48.1 Å². The molecule has 7 aliphatic rings. The Morgan fingerprint density at radius 3 is 2.13 bits per heavy atom. The standard InChI is InChI=1S/C41H66O12/c1-20(2)21-10-15-41(36(49)53-35-33(48)31(46)30(45)24(18-42)51-35)17-16-39(6)22(28(21)41)8-9-26-38(5)13-12-27(37(3,4)25(38)11-14-40(26,39)7)52-34-32(47)29(44)23(43)19-50-34/h21-35,42-48H,1,8-19H2,2-7H3. The minimum Gasteiger partial charge on any atom is -0.432 e. The molecule has 5 saturated carbocycles. The third-order valence-corrected chi connectivity index (χ3v) is 17.2. The maximum absolute atomic E-state index is 14.5. The molecule has 12 nitrogen and oxygen atoms in total. The van der Waals surface area contributed by atoms with E-state index in [1.54, 1.807) is 0 Å². The van der Waals surface area contributed by atoms with Crippen molar-refractivity contribution in [1.29, 1.82) is 0 Å². The van der Waals surface area contributed by atoms with Crippen LogP contribution in [0, 0.1) is 56.7 Å². The predicted molar refractivity (Wildman–Crippen MR) is 191 cm³/mol. The lowest BCUT2D eigenvalue weighted by molar-refractivity contribution is -0.312. The van der Waals surface area contributed by atoms with E-state index < -0.39 is 73.3 Å². The van der Waals surface area contributed by atoms with Gasteiger partial charge in [-0.25, -0.2) is 0 Å². The zero-order valence-corrected chi connectivity index (χ0v) is 32.5. The van der Waals surface area contributed by atoms with E-state index in [-0.39, 0.29) is 52.1 Å².